The standard InChI is InChI=1S/C14H15NO5/c1-2-20-14(19)11-9(6-4-8-15)5-3-7-10(11)12(16)13(17)18/h3,5,7,12,16H,2,4,6H2,1H3,(H,17,18). The van der Waals surface area contributed by atoms with Crippen LogP contribution in [-0.4, -0.2) is 28.8 Å². The van der Waals surface area contributed by atoms with Crippen molar-refractivity contribution in [3.63, 3.8) is 0 Å². The zero-order valence-corrected chi connectivity index (χ0v) is 11.0. The van der Waals surface area contributed by atoms with Crippen molar-refractivity contribution in [3.05, 3.63) is 34.9 Å². The van der Waals surface area contributed by atoms with Crippen LogP contribution in [0.4, 0.5) is 0 Å². The molecule has 0 bridgehead atoms. The van der Waals surface area contributed by atoms with Crippen LogP contribution in [0.2, 0.25) is 0 Å². The largest absolute Gasteiger partial charge is 0.479 e. The van der Waals surface area contributed by atoms with Crippen molar-refractivity contribution < 1.29 is 24.5 Å². The number of benzene rings is 1. The number of aryl methyl sites for hydroxylation is 1. The number of hydrogen-bond acceptors (Lipinski definition) is 5. The Hall–Kier alpha value is -2.39. The minimum atomic E-state index is -1.81. The molecule has 1 unspecified atom stereocenters. The Bertz CT molecular complexity index is 547. The lowest BCUT2D eigenvalue weighted by atomic mass is 9.94. The first kappa shape index (κ1) is 15.7. The first-order chi connectivity index (χ1) is 9.52. The zero-order valence-electron chi connectivity index (χ0n) is 11.0. The van der Waals surface area contributed by atoms with Gasteiger partial charge in [0.15, 0.2) is 6.10 Å². The molecule has 0 saturated heterocycles. The van der Waals surface area contributed by atoms with Crippen molar-refractivity contribution in [1.82, 2.24) is 0 Å². The molecule has 1 rings (SSSR count). The lowest BCUT2D eigenvalue weighted by Crippen LogP contribution is -2.18. The zero-order chi connectivity index (χ0) is 15.1. The Morgan fingerprint density at radius 1 is 1.45 bits per heavy atom. The number of aliphatic carboxylic acids is 1. The van der Waals surface area contributed by atoms with Crippen LogP contribution >= 0.6 is 0 Å². The summed E-state index contributed by atoms with van der Waals surface area (Å²) < 4.78 is 4.89. The van der Waals surface area contributed by atoms with Gasteiger partial charge in [-0.05, 0) is 18.9 Å². The summed E-state index contributed by atoms with van der Waals surface area (Å²) in [5, 5.41) is 27.2. The monoisotopic (exact) mass is 277 g/mol. The number of carboxylic acid groups (broad SMARTS) is 1. The van der Waals surface area contributed by atoms with E-state index in [1.807, 2.05) is 6.07 Å². The van der Waals surface area contributed by atoms with Gasteiger partial charge in [0.05, 0.1) is 18.2 Å². The summed E-state index contributed by atoms with van der Waals surface area (Å²) in [5.74, 6) is -2.15. The van der Waals surface area contributed by atoms with Crippen LogP contribution in [0, 0.1) is 11.3 Å². The van der Waals surface area contributed by atoms with E-state index in [1.54, 1.807) is 13.0 Å². The van der Waals surface area contributed by atoms with E-state index in [1.165, 1.54) is 12.1 Å². The number of esters is 1. The van der Waals surface area contributed by atoms with Gasteiger partial charge >= 0.3 is 11.9 Å². The van der Waals surface area contributed by atoms with Gasteiger partial charge in [-0.3, -0.25) is 0 Å². The van der Waals surface area contributed by atoms with E-state index in [9.17, 15) is 14.7 Å². The molecule has 1 atom stereocenters. The third kappa shape index (κ3) is 3.56. The van der Waals surface area contributed by atoms with Gasteiger partial charge in [0.25, 0.3) is 0 Å². The van der Waals surface area contributed by atoms with Crippen LogP contribution in [0.25, 0.3) is 0 Å². The number of carboxylic acids is 1. The second kappa shape index (κ2) is 7.26. The third-order valence-corrected chi connectivity index (χ3v) is 2.70. The molecule has 0 radical (unpaired) electrons. The maximum atomic E-state index is 12.0. The Morgan fingerprint density at radius 2 is 2.15 bits per heavy atom. The van der Waals surface area contributed by atoms with E-state index in [0.29, 0.717) is 5.56 Å². The van der Waals surface area contributed by atoms with Crippen molar-refractivity contribution in [2.24, 2.45) is 0 Å². The lowest BCUT2D eigenvalue weighted by Gasteiger charge is -2.15. The minimum absolute atomic E-state index is 0.0219. The van der Waals surface area contributed by atoms with Gasteiger partial charge in [-0.25, -0.2) is 9.59 Å². The number of nitrogens with zero attached hydrogens (tertiary/aromatic N) is 1. The second-order valence-corrected chi connectivity index (χ2v) is 4.00. The molecule has 0 amide bonds. The molecule has 0 saturated carbocycles. The van der Waals surface area contributed by atoms with Gasteiger partial charge in [0.2, 0.25) is 0 Å². The second-order valence-electron chi connectivity index (χ2n) is 4.00. The highest BCUT2D eigenvalue weighted by Gasteiger charge is 2.25. The molecule has 1 aromatic carbocycles. The normalized spacial score (nSPS) is 11.4. The molecule has 6 nitrogen and oxygen atoms in total. The van der Waals surface area contributed by atoms with Crippen molar-refractivity contribution in [2.75, 3.05) is 6.61 Å². The SMILES string of the molecule is CCOC(=O)c1c(CCC#N)cccc1C(O)C(=O)O. The van der Waals surface area contributed by atoms with Crippen LogP contribution in [0.1, 0.15) is 40.9 Å². The predicted molar refractivity (Wildman–Crippen MR) is 68.9 cm³/mol. The molecular weight excluding hydrogens is 262 g/mol. The molecule has 0 aliphatic carbocycles. The number of aliphatic hydroxyl groups excluding tert-OH is 1. The highest BCUT2D eigenvalue weighted by molar-refractivity contribution is 5.94. The molecule has 0 aromatic heterocycles. The molecule has 0 spiro atoms. The molecule has 2 N–H and O–H groups in total. The Kier molecular flexibility index (Phi) is 5.69. The van der Waals surface area contributed by atoms with Crippen LogP contribution in [-0.2, 0) is 16.0 Å². The number of carbonyl (C=O) groups excluding carboxylic acids is 1. The Labute approximate surface area is 116 Å². The van der Waals surface area contributed by atoms with Crippen LogP contribution in [0.3, 0.4) is 0 Å². The van der Waals surface area contributed by atoms with Gasteiger partial charge in [-0.1, -0.05) is 18.2 Å². The van der Waals surface area contributed by atoms with Gasteiger partial charge in [-0.2, -0.15) is 5.26 Å². The topological polar surface area (TPSA) is 108 Å². The number of ether oxygens (including phenoxy) is 1. The summed E-state index contributed by atoms with van der Waals surface area (Å²) in [7, 11) is 0. The summed E-state index contributed by atoms with van der Waals surface area (Å²) in [6.07, 6.45) is -1.35. The average molecular weight is 277 g/mol. The van der Waals surface area contributed by atoms with Gasteiger partial charge in [0.1, 0.15) is 0 Å². The van der Waals surface area contributed by atoms with Crippen LogP contribution in [0.5, 0.6) is 0 Å². The highest BCUT2D eigenvalue weighted by atomic mass is 16.5. The fourth-order valence-electron chi connectivity index (χ4n) is 1.83. The van der Waals surface area contributed by atoms with Crippen molar-refractivity contribution in [2.45, 2.75) is 25.9 Å². The van der Waals surface area contributed by atoms with E-state index < -0.39 is 18.0 Å². The quantitative estimate of drug-likeness (QED) is 0.762. The predicted octanol–water partition coefficient (Wildman–Crippen LogP) is 1.44. The molecule has 0 aliphatic rings. The fraction of sp³-hybridized carbons (Fsp3) is 0.357. The summed E-state index contributed by atoms with van der Waals surface area (Å²) in [4.78, 5) is 22.9. The summed E-state index contributed by atoms with van der Waals surface area (Å²) in [6.45, 7) is 1.76. The van der Waals surface area contributed by atoms with Crippen molar-refractivity contribution >= 4 is 11.9 Å². The number of nitriles is 1. The minimum Gasteiger partial charge on any atom is -0.479 e. The van der Waals surface area contributed by atoms with Gasteiger partial charge in [-0.15, -0.1) is 0 Å². The first-order valence-corrected chi connectivity index (χ1v) is 6.09. The van der Waals surface area contributed by atoms with E-state index in [0.717, 1.165) is 0 Å². The molecule has 20 heavy (non-hydrogen) atoms. The smallest absolute Gasteiger partial charge is 0.338 e. The van der Waals surface area contributed by atoms with Crippen LogP contribution in [0.15, 0.2) is 18.2 Å². The van der Waals surface area contributed by atoms with Crippen molar-refractivity contribution in [1.29, 1.82) is 5.26 Å². The first-order valence-electron chi connectivity index (χ1n) is 6.09. The third-order valence-electron chi connectivity index (χ3n) is 2.70. The summed E-state index contributed by atoms with van der Waals surface area (Å²) >= 11 is 0. The molecule has 0 heterocycles. The Morgan fingerprint density at radius 3 is 2.70 bits per heavy atom. The number of carbonyl (C=O) groups is 2. The van der Waals surface area contributed by atoms with E-state index in [-0.39, 0.29) is 30.6 Å². The summed E-state index contributed by atoms with van der Waals surface area (Å²) in [5.41, 5.74) is 0.494. The van der Waals surface area contributed by atoms with E-state index in [2.05, 4.69) is 0 Å². The number of hydrogen-bond donors (Lipinski definition) is 2. The maximum Gasteiger partial charge on any atom is 0.338 e. The van der Waals surface area contributed by atoms with Gasteiger partial charge in [0, 0.05) is 12.0 Å². The molecular formula is C14H15NO5. The van der Waals surface area contributed by atoms with Crippen molar-refractivity contribution in [3.8, 4) is 6.07 Å². The number of rotatable bonds is 6. The molecule has 0 fully saturated rings. The fourth-order valence-corrected chi connectivity index (χ4v) is 1.83. The lowest BCUT2D eigenvalue weighted by molar-refractivity contribution is -0.146. The molecule has 0 aliphatic heterocycles. The average Bonchev–Trinajstić information content (AvgIpc) is 2.43. The maximum absolute atomic E-state index is 12.0. The molecule has 106 valence electrons. The highest BCUT2D eigenvalue weighted by Crippen LogP contribution is 2.24. The van der Waals surface area contributed by atoms with Crippen LogP contribution < -0.4 is 0 Å². The van der Waals surface area contributed by atoms with Gasteiger partial charge < -0.3 is 14.9 Å². The Balaban J connectivity index is 3.32. The number of aliphatic hydroxyl groups is 1. The molecule has 6 heteroatoms. The summed E-state index contributed by atoms with van der Waals surface area (Å²) in [6, 6.07) is 6.47. The molecule has 1 aromatic rings. The van der Waals surface area contributed by atoms with E-state index >= 15 is 0 Å². The van der Waals surface area contributed by atoms with E-state index in [4.69, 9.17) is 15.1 Å².